The van der Waals surface area contributed by atoms with Gasteiger partial charge in [-0.3, -0.25) is 4.57 Å². The zero-order chi connectivity index (χ0) is 43.5. The van der Waals surface area contributed by atoms with Gasteiger partial charge in [-0.2, -0.15) is 5.26 Å². The highest BCUT2D eigenvalue weighted by atomic mass is 16.5. The van der Waals surface area contributed by atoms with Gasteiger partial charge in [-0.1, -0.05) is 114 Å². The Kier molecular flexibility index (Phi) is 9.52. The SMILES string of the molecule is CC(C)(C)c1cccc([N+]2=C=[N+](c3cccc(Oc4ccc5c6cc(C#N)ccc6n(-c6cc(C(C)(C)C)ccn6)c5c4)c3)c3cccc(-c4cccc(-c5ccccc5)c4)c32)c1. The molecule has 1 aliphatic heterocycles. The number of aromatic nitrogens is 2. The van der Waals surface area contributed by atoms with E-state index >= 15 is 0 Å². The second kappa shape index (κ2) is 15.3. The van der Waals surface area contributed by atoms with Gasteiger partial charge < -0.3 is 4.74 Å². The quantitative estimate of drug-likeness (QED) is 0.151. The number of para-hydroxylation sites is 1. The van der Waals surface area contributed by atoms with Gasteiger partial charge in [0, 0.05) is 47.3 Å². The molecule has 6 heteroatoms. The molecule has 9 aromatic rings. The number of hydrogen-bond donors (Lipinski definition) is 0. The minimum absolute atomic E-state index is 0.0304. The normalized spacial score (nSPS) is 12.5. The van der Waals surface area contributed by atoms with E-state index in [1.165, 1.54) is 22.3 Å². The lowest BCUT2D eigenvalue weighted by molar-refractivity contribution is 0.483. The average molecular weight is 818 g/mol. The molecule has 0 radical (unpaired) electrons. The first-order valence-corrected chi connectivity index (χ1v) is 21.4. The Morgan fingerprint density at radius 2 is 1.25 bits per heavy atom. The molecule has 1 aliphatic rings. The second-order valence-electron chi connectivity index (χ2n) is 18.3. The van der Waals surface area contributed by atoms with Crippen molar-refractivity contribution in [2.75, 3.05) is 0 Å². The molecule has 7 aromatic carbocycles. The third kappa shape index (κ3) is 7.29. The van der Waals surface area contributed by atoms with Gasteiger partial charge in [0.15, 0.2) is 0 Å². The van der Waals surface area contributed by atoms with Crippen molar-refractivity contribution in [2.24, 2.45) is 0 Å². The second-order valence-corrected chi connectivity index (χ2v) is 18.3. The van der Waals surface area contributed by atoms with E-state index in [0.717, 1.165) is 61.5 Å². The molecule has 10 rings (SSSR count). The monoisotopic (exact) mass is 817 g/mol. The molecule has 0 atom stereocenters. The van der Waals surface area contributed by atoms with E-state index in [2.05, 4.69) is 201 Å². The van der Waals surface area contributed by atoms with Crippen LogP contribution in [0.15, 0.2) is 176 Å². The maximum atomic E-state index is 9.81. The molecular formula is C57H47N5O+2. The van der Waals surface area contributed by atoms with Gasteiger partial charge in [-0.05, 0) is 108 Å². The summed E-state index contributed by atoms with van der Waals surface area (Å²) >= 11 is 0. The summed E-state index contributed by atoms with van der Waals surface area (Å²) in [5.41, 5.74) is 13.5. The fraction of sp³-hybridized carbons (Fsp3) is 0.140. The van der Waals surface area contributed by atoms with Crippen molar-refractivity contribution in [3.8, 4) is 45.6 Å². The molecule has 0 aliphatic carbocycles. The van der Waals surface area contributed by atoms with Gasteiger partial charge in [-0.15, -0.1) is 0 Å². The Morgan fingerprint density at radius 3 is 2.05 bits per heavy atom. The summed E-state index contributed by atoms with van der Waals surface area (Å²) in [4.78, 5) is 4.85. The van der Waals surface area contributed by atoms with Crippen LogP contribution in [0.5, 0.6) is 11.5 Å². The number of rotatable bonds is 7. The van der Waals surface area contributed by atoms with Crippen molar-refractivity contribution >= 4 is 50.6 Å². The van der Waals surface area contributed by atoms with Gasteiger partial charge in [0.2, 0.25) is 11.4 Å². The van der Waals surface area contributed by atoms with Crippen molar-refractivity contribution in [3.63, 3.8) is 0 Å². The highest BCUT2D eigenvalue weighted by molar-refractivity contribution is 6.10. The van der Waals surface area contributed by atoms with E-state index in [1.807, 2.05) is 42.6 Å². The van der Waals surface area contributed by atoms with Gasteiger partial charge in [0.05, 0.1) is 34.3 Å². The number of nitrogens with zero attached hydrogens (tertiary/aromatic N) is 5. The van der Waals surface area contributed by atoms with E-state index in [0.29, 0.717) is 17.1 Å². The Bertz CT molecular complexity index is 3380. The minimum atomic E-state index is -0.0586. The van der Waals surface area contributed by atoms with Crippen LogP contribution in [0.25, 0.3) is 49.9 Å². The van der Waals surface area contributed by atoms with E-state index in [1.54, 1.807) is 0 Å². The molecule has 2 aromatic heterocycles. The van der Waals surface area contributed by atoms with Crippen molar-refractivity contribution < 1.29 is 4.74 Å². The maximum absolute atomic E-state index is 9.81. The lowest BCUT2D eigenvalue weighted by Crippen LogP contribution is -2.12. The van der Waals surface area contributed by atoms with Crippen LogP contribution in [0.4, 0.5) is 22.7 Å². The highest BCUT2D eigenvalue weighted by Crippen LogP contribution is 2.45. The predicted octanol–water partition coefficient (Wildman–Crippen LogP) is 14.6. The topological polar surface area (TPSA) is 56.9 Å². The van der Waals surface area contributed by atoms with Crippen molar-refractivity contribution in [2.45, 2.75) is 52.4 Å². The number of pyridine rings is 1. The largest absolute Gasteiger partial charge is 0.503 e. The Hall–Kier alpha value is -7.84. The molecule has 0 saturated heterocycles. The first-order valence-electron chi connectivity index (χ1n) is 21.4. The maximum Gasteiger partial charge on any atom is 0.503 e. The average Bonchev–Trinajstić information content (AvgIpc) is 3.85. The fourth-order valence-electron chi connectivity index (χ4n) is 8.59. The summed E-state index contributed by atoms with van der Waals surface area (Å²) in [5, 5.41) is 11.8. The highest BCUT2D eigenvalue weighted by Gasteiger charge is 2.40. The Labute approximate surface area is 368 Å². The first kappa shape index (κ1) is 39.3. The van der Waals surface area contributed by atoms with Gasteiger partial charge in [0.1, 0.15) is 17.3 Å². The third-order valence-electron chi connectivity index (χ3n) is 11.9. The Balaban J connectivity index is 1.09. The van der Waals surface area contributed by atoms with Crippen molar-refractivity contribution in [3.05, 3.63) is 193 Å². The summed E-state index contributed by atoms with van der Waals surface area (Å²) in [6, 6.07) is 65.1. The summed E-state index contributed by atoms with van der Waals surface area (Å²) < 4.78 is 13.3. The third-order valence-corrected chi connectivity index (χ3v) is 11.9. The van der Waals surface area contributed by atoms with Gasteiger partial charge in [0.25, 0.3) is 5.69 Å². The summed E-state index contributed by atoms with van der Waals surface area (Å²) in [5.74, 6) is 2.19. The smallest absolute Gasteiger partial charge is 0.457 e. The number of ether oxygens (including phenoxy) is 1. The van der Waals surface area contributed by atoms with Crippen LogP contribution in [-0.2, 0) is 10.8 Å². The fourth-order valence-corrected chi connectivity index (χ4v) is 8.59. The van der Waals surface area contributed by atoms with Crippen LogP contribution in [0, 0.1) is 11.3 Å². The van der Waals surface area contributed by atoms with Crippen LogP contribution in [0.2, 0.25) is 0 Å². The number of fused-ring (bicyclic) bond motifs is 4. The summed E-state index contributed by atoms with van der Waals surface area (Å²) in [7, 11) is 0. The van der Waals surface area contributed by atoms with Crippen LogP contribution < -0.4 is 13.9 Å². The van der Waals surface area contributed by atoms with E-state index < -0.39 is 0 Å². The summed E-state index contributed by atoms with van der Waals surface area (Å²) in [6.45, 7) is 13.4. The van der Waals surface area contributed by atoms with Crippen LogP contribution >= 0.6 is 0 Å². The molecule has 0 amide bonds. The van der Waals surface area contributed by atoms with Crippen molar-refractivity contribution in [1.29, 1.82) is 5.26 Å². The number of hydrogen-bond acceptors (Lipinski definition) is 3. The molecule has 63 heavy (non-hydrogen) atoms. The molecule has 0 fully saturated rings. The van der Waals surface area contributed by atoms with E-state index in [-0.39, 0.29) is 10.8 Å². The molecule has 0 unspecified atom stereocenters. The minimum Gasteiger partial charge on any atom is -0.457 e. The van der Waals surface area contributed by atoms with Crippen LogP contribution in [-0.4, -0.2) is 15.6 Å². The van der Waals surface area contributed by atoms with Crippen molar-refractivity contribution in [1.82, 2.24) is 18.7 Å². The number of nitriles is 1. The Morgan fingerprint density at radius 1 is 0.556 bits per heavy atom. The van der Waals surface area contributed by atoms with Crippen LogP contribution in [0.1, 0.15) is 58.2 Å². The van der Waals surface area contributed by atoms with Gasteiger partial charge >= 0.3 is 11.7 Å². The zero-order valence-electron chi connectivity index (χ0n) is 36.4. The first-order chi connectivity index (χ1) is 30.4. The molecule has 0 bridgehead atoms. The lowest BCUT2D eigenvalue weighted by atomic mass is 9.87. The molecular weight excluding hydrogens is 771 g/mol. The molecule has 3 heterocycles. The molecule has 0 N–H and O–H groups in total. The lowest BCUT2D eigenvalue weighted by Gasteiger charge is -2.20. The van der Waals surface area contributed by atoms with Gasteiger partial charge in [-0.25, -0.2) is 4.98 Å². The van der Waals surface area contributed by atoms with Crippen LogP contribution in [0.3, 0.4) is 0 Å². The van der Waals surface area contributed by atoms with E-state index in [4.69, 9.17) is 9.72 Å². The standard InChI is InChI=1S/C57H47N5O/c1-56(2,3)42-18-11-19-44(32-42)61-37-60(52-23-13-22-48(55(52)61)41-17-10-16-40(31-41)39-14-8-7-9-15-39)45-20-12-21-46(34-45)63-47-25-26-49-50-30-38(36-58)24-27-51(50)62(53(49)35-47)54-33-43(28-29-59-54)57(4,5)6/h7-35H,1-6H3/q+2. The number of benzene rings is 7. The predicted molar refractivity (Wildman–Crippen MR) is 259 cm³/mol. The zero-order valence-corrected chi connectivity index (χ0v) is 36.4. The van der Waals surface area contributed by atoms with E-state index in [9.17, 15) is 5.26 Å². The molecule has 304 valence electrons. The summed E-state index contributed by atoms with van der Waals surface area (Å²) in [6.07, 6.45) is 1.88. The molecule has 0 spiro atoms. The molecule has 0 saturated carbocycles. The molecule has 6 nitrogen and oxygen atoms in total.